The Morgan fingerprint density at radius 2 is 2.11 bits per heavy atom. The average molecular weight is 282 g/mol. The van der Waals surface area contributed by atoms with Crippen LogP contribution in [-0.2, 0) is 16.6 Å². The van der Waals surface area contributed by atoms with E-state index in [9.17, 15) is 8.42 Å². The van der Waals surface area contributed by atoms with Crippen molar-refractivity contribution in [3.05, 3.63) is 29.3 Å². The van der Waals surface area contributed by atoms with Gasteiger partial charge in [0.05, 0.1) is 4.90 Å². The van der Waals surface area contributed by atoms with Crippen LogP contribution in [0.3, 0.4) is 0 Å². The van der Waals surface area contributed by atoms with Crippen molar-refractivity contribution in [2.75, 3.05) is 6.54 Å². The molecular formula is C14H22N2O2S. The average Bonchev–Trinajstić information content (AvgIpc) is 3.20. The van der Waals surface area contributed by atoms with Crippen molar-refractivity contribution in [3.63, 3.8) is 0 Å². The number of hydrogen-bond donors (Lipinski definition) is 2. The molecule has 5 heteroatoms. The van der Waals surface area contributed by atoms with Crippen molar-refractivity contribution in [2.24, 2.45) is 17.6 Å². The van der Waals surface area contributed by atoms with Gasteiger partial charge in [0.2, 0.25) is 10.0 Å². The second kappa shape index (κ2) is 5.61. The maximum absolute atomic E-state index is 12.2. The Morgan fingerprint density at radius 1 is 1.42 bits per heavy atom. The molecule has 1 fully saturated rings. The first-order chi connectivity index (χ1) is 8.94. The van der Waals surface area contributed by atoms with Gasteiger partial charge in [0.15, 0.2) is 0 Å². The van der Waals surface area contributed by atoms with Crippen LogP contribution in [0.2, 0.25) is 0 Å². The molecule has 1 unspecified atom stereocenters. The van der Waals surface area contributed by atoms with Gasteiger partial charge < -0.3 is 5.73 Å². The van der Waals surface area contributed by atoms with E-state index in [1.807, 2.05) is 6.92 Å². The van der Waals surface area contributed by atoms with E-state index in [0.717, 1.165) is 11.1 Å². The highest BCUT2D eigenvalue weighted by Gasteiger charge is 2.28. The predicted molar refractivity (Wildman–Crippen MR) is 76.1 cm³/mol. The maximum Gasteiger partial charge on any atom is 0.240 e. The van der Waals surface area contributed by atoms with Gasteiger partial charge in [-0.2, -0.15) is 0 Å². The molecule has 3 N–H and O–H groups in total. The fourth-order valence-electron chi connectivity index (χ4n) is 2.19. The molecule has 1 aliphatic rings. The number of nitrogens with two attached hydrogens (primary N) is 1. The Labute approximate surface area is 115 Å². The van der Waals surface area contributed by atoms with Crippen LogP contribution in [0.5, 0.6) is 0 Å². The summed E-state index contributed by atoms with van der Waals surface area (Å²) in [5, 5.41) is 0. The van der Waals surface area contributed by atoms with E-state index in [1.165, 1.54) is 12.8 Å². The van der Waals surface area contributed by atoms with Crippen LogP contribution in [0.15, 0.2) is 23.1 Å². The zero-order valence-corrected chi connectivity index (χ0v) is 12.3. The van der Waals surface area contributed by atoms with Crippen molar-refractivity contribution >= 4 is 10.0 Å². The summed E-state index contributed by atoms with van der Waals surface area (Å²) >= 11 is 0. The van der Waals surface area contributed by atoms with Crippen LogP contribution in [0, 0.1) is 18.8 Å². The van der Waals surface area contributed by atoms with E-state index in [0.29, 0.717) is 29.8 Å². The number of aryl methyl sites for hydroxylation is 1. The van der Waals surface area contributed by atoms with Gasteiger partial charge in [-0.1, -0.05) is 13.0 Å². The van der Waals surface area contributed by atoms with E-state index in [1.54, 1.807) is 18.2 Å². The third kappa shape index (κ3) is 3.55. The topological polar surface area (TPSA) is 72.2 Å². The summed E-state index contributed by atoms with van der Waals surface area (Å²) < 4.78 is 27.1. The molecule has 0 aromatic heterocycles. The smallest absolute Gasteiger partial charge is 0.240 e. The third-order valence-corrected chi connectivity index (χ3v) is 5.29. The minimum atomic E-state index is -3.42. The molecule has 19 heavy (non-hydrogen) atoms. The van der Waals surface area contributed by atoms with Crippen LogP contribution in [0.4, 0.5) is 0 Å². The van der Waals surface area contributed by atoms with Gasteiger partial charge in [-0.25, -0.2) is 13.1 Å². The summed E-state index contributed by atoms with van der Waals surface area (Å²) in [4.78, 5) is 0.307. The minimum absolute atomic E-state index is 0.307. The van der Waals surface area contributed by atoms with Crippen molar-refractivity contribution < 1.29 is 8.42 Å². The van der Waals surface area contributed by atoms with Gasteiger partial charge in [-0.3, -0.25) is 0 Å². The van der Waals surface area contributed by atoms with Crippen LogP contribution >= 0.6 is 0 Å². The lowest BCUT2D eigenvalue weighted by Gasteiger charge is -2.13. The molecular weight excluding hydrogens is 260 g/mol. The monoisotopic (exact) mass is 282 g/mol. The molecule has 0 saturated heterocycles. The molecule has 4 nitrogen and oxygen atoms in total. The summed E-state index contributed by atoms with van der Waals surface area (Å²) in [5.41, 5.74) is 7.51. The molecule has 0 amide bonds. The molecule has 0 aliphatic heterocycles. The van der Waals surface area contributed by atoms with Gasteiger partial charge in [-0.05, 0) is 54.9 Å². The SMILES string of the molecule is Cc1ccc(S(=O)(=O)NCC(C)C2CC2)cc1CN. The van der Waals surface area contributed by atoms with Crippen LogP contribution in [0.1, 0.15) is 30.9 Å². The zero-order valence-electron chi connectivity index (χ0n) is 11.5. The first-order valence-corrected chi connectivity index (χ1v) is 8.21. The van der Waals surface area contributed by atoms with Gasteiger partial charge in [-0.15, -0.1) is 0 Å². The number of hydrogen-bond acceptors (Lipinski definition) is 3. The van der Waals surface area contributed by atoms with Crippen molar-refractivity contribution in [3.8, 4) is 0 Å². The Bertz CT molecular complexity index is 551. The summed E-state index contributed by atoms with van der Waals surface area (Å²) in [6.45, 7) is 4.90. The summed E-state index contributed by atoms with van der Waals surface area (Å²) in [6, 6.07) is 5.11. The van der Waals surface area contributed by atoms with Crippen LogP contribution in [0.25, 0.3) is 0 Å². The Hall–Kier alpha value is -0.910. The predicted octanol–water partition coefficient (Wildman–Crippen LogP) is 1.78. The maximum atomic E-state index is 12.2. The highest BCUT2D eigenvalue weighted by molar-refractivity contribution is 7.89. The van der Waals surface area contributed by atoms with Crippen LogP contribution < -0.4 is 10.5 Å². The third-order valence-electron chi connectivity index (χ3n) is 3.87. The van der Waals surface area contributed by atoms with E-state index in [-0.39, 0.29) is 0 Å². The van der Waals surface area contributed by atoms with E-state index in [4.69, 9.17) is 5.73 Å². The molecule has 0 spiro atoms. The highest BCUT2D eigenvalue weighted by Crippen LogP contribution is 2.36. The van der Waals surface area contributed by atoms with Crippen molar-refractivity contribution in [2.45, 2.75) is 38.1 Å². The summed E-state index contributed by atoms with van der Waals surface area (Å²) in [5.74, 6) is 1.11. The lowest BCUT2D eigenvalue weighted by Crippen LogP contribution is -2.29. The molecule has 0 bridgehead atoms. The number of benzene rings is 1. The molecule has 106 valence electrons. The quantitative estimate of drug-likeness (QED) is 0.835. The van der Waals surface area contributed by atoms with Gasteiger partial charge in [0.1, 0.15) is 0 Å². The largest absolute Gasteiger partial charge is 0.326 e. The molecule has 0 heterocycles. The van der Waals surface area contributed by atoms with E-state index >= 15 is 0 Å². The van der Waals surface area contributed by atoms with E-state index < -0.39 is 10.0 Å². The van der Waals surface area contributed by atoms with Gasteiger partial charge in [0, 0.05) is 13.1 Å². The Balaban J connectivity index is 2.09. The van der Waals surface area contributed by atoms with Crippen molar-refractivity contribution in [1.29, 1.82) is 0 Å². The summed E-state index contributed by atoms with van der Waals surface area (Å²) in [7, 11) is -3.42. The molecule has 1 saturated carbocycles. The van der Waals surface area contributed by atoms with Crippen molar-refractivity contribution in [1.82, 2.24) is 4.72 Å². The fraction of sp³-hybridized carbons (Fsp3) is 0.571. The Morgan fingerprint density at radius 3 is 2.68 bits per heavy atom. The second-order valence-corrected chi connectivity index (χ2v) is 7.23. The second-order valence-electron chi connectivity index (χ2n) is 5.46. The lowest BCUT2D eigenvalue weighted by atomic mass is 10.1. The molecule has 0 radical (unpaired) electrons. The van der Waals surface area contributed by atoms with E-state index in [2.05, 4.69) is 11.6 Å². The number of nitrogens with one attached hydrogen (secondary N) is 1. The summed E-state index contributed by atoms with van der Waals surface area (Å²) in [6.07, 6.45) is 2.45. The zero-order chi connectivity index (χ0) is 14.0. The molecule has 1 aliphatic carbocycles. The molecule has 1 atom stereocenters. The van der Waals surface area contributed by atoms with Crippen LogP contribution in [-0.4, -0.2) is 15.0 Å². The molecule has 2 rings (SSSR count). The first kappa shape index (κ1) is 14.5. The normalized spacial score (nSPS) is 17.4. The fourth-order valence-corrected chi connectivity index (χ4v) is 3.38. The van der Waals surface area contributed by atoms with Gasteiger partial charge >= 0.3 is 0 Å². The number of rotatable bonds is 6. The van der Waals surface area contributed by atoms with Gasteiger partial charge in [0.25, 0.3) is 0 Å². The minimum Gasteiger partial charge on any atom is -0.326 e. The lowest BCUT2D eigenvalue weighted by molar-refractivity contribution is 0.492. The number of sulfonamides is 1. The molecule has 1 aromatic rings. The highest BCUT2D eigenvalue weighted by atomic mass is 32.2. The Kier molecular flexibility index (Phi) is 4.28. The first-order valence-electron chi connectivity index (χ1n) is 6.73. The standard InChI is InChI=1S/C14H22N2O2S/c1-10-3-6-14(7-13(10)8-15)19(17,18)16-9-11(2)12-4-5-12/h3,6-7,11-12,16H,4-5,8-9,15H2,1-2H3. The molecule has 1 aromatic carbocycles.